The molecule has 3 aromatic rings. The third-order valence-corrected chi connectivity index (χ3v) is 4.44. The average Bonchev–Trinajstić information content (AvgIpc) is 2.94. The van der Waals surface area contributed by atoms with E-state index in [0.717, 1.165) is 12.8 Å². The number of ether oxygens (including phenoxy) is 1. The fraction of sp³-hybridized carbons (Fsp3) is 0.312. The van der Waals surface area contributed by atoms with E-state index < -0.39 is 5.82 Å². The molecule has 25 heavy (non-hydrogen) atoms. The van der Waals surface area contributed by atoms with E-state index in [1.165, 1.54) is 10.6 Å². The molecule has 9 heteroatoms. The average molecular weight is 363 g/mol. The summed E-state index contributed by atoms with van der Waals surface area (Å²) in [6.07, 6.45) is 3.33. The fourth-order valence-electron chi connectivity index (χ4n) is 2.89. The second-order valence-electron chi connectivity index (χ2n) is 5.81. The summed E-state index contributed by atoms with van der Waals surface area (Å²) in [6, 6.07) is 4.94. The van der Waals surface area contributed by atoms with Crippen molar-refractivity contribution in [1.82, 2.24) is 19.5 Å². The number of halogens is 2. The Morgan fingerprint density at radius 3 is 2.88 bits per heavy atom. The lowest BCUT2D eigenvalue weighted by molar-refractivity contribution is 0.0903. The van der Waals surface area contributed by atoms with Crippen LogP contribution < -0.4 is 11.1 Å². The van der Waals surface area contributed by atoms with Gasteiger partial charge in [0.2, 0.25) is 11.9 Å². The number of hydrogen-bond donors (Lipinski definition) is 2. The summed E-state index contributed by atoms with van der Waals surface area (Å²) in [4.78, 5) is 13.0. The molecule has 0 amide bonds. The number of nitrogens with two attached hydrogens (primary N) is 1. The van der Waals surface area contributed by atoms with Gasteiger partial charge in [0.25, 0.3) is 0 Å². The minimum Gasteiger partial charge on any atom is -0.381 e. The van der Waals surface area contributed by atoms with Gasteiger partial charge < -0.3 is 15.8 Å². The van der Waals surface area contributed by atoms with Crippen LogP contribution in [0.25, 0.3) is 16.9 Å². The molecule has 0 radical (unpaired) electrons. The van der Waals surface area contributed by atoms with E-state index in [1.807, 2.05) is 0 Å². The van der Waals surface area contributed by atoms with Gasteiger partial charge in [0.05, 0.1) is 16.9 Å². The van der Waals surface area contributed by atoms with Gasteiger partial charge in [0.1, 0.15) is 5.52 Å². The first kappa shape index (κ1) is 16.0. The summed E-state index contributed by atoms with van der Waals surface area (Å²) >= 11 is 5.89. The van der Waals surface area contributed by atoms with Gasteiger partial charge in [-0.05, 0) is 25.0 Å². The Morgan fingerprint density at radius 2 is 2.08 bits per heavy atom. The van der Waals surface area contributed by atoms with Crippen LogP contribution in [-0.4, -0.2) is 38.8 Å². The van der Waals surface area contributed by atoms with Crippen LogP contribution in [-0.2, 0) is 4.74 Å². The van der Waals surface area contributed by atoms with Crippen molar-refractivity contribution in [1.29, 1.82) is 0 Å². The molecule has 0 aliphatic carbocycles. The molecular weight excluding hydrogens is 347 g/mol. The second-order valence-corrected chi connectivity index (χ2v) is 6.22. The number of hydrogen-bond acceptors (Lipinski definition) is 6. The Bertz CT molecular complexity index is 924. The lowest BCUT2D eigenvalue weighted by Crippen LogP contribution is -2.28. The first-order valence-electron chi connectivity index (χ1n) is 7.93. The summed E-state index contributed by atoms with van der Waals surface area (Å²) < 4.78 is 21.2. The van der Waals surface area contributed by atoms with Crippen LogP contribution in [0.4, 0.5) is 16.3 Å². The normalized spacial score (nSPS) is 15.6. The fourth-order valence-corrected chi connectivity index (χ4v) is 3.06. The van der Waals surface area contributed by atoms with Gasteiger partial charge in [-0.25, -0.2) is 14.4 Å². The number of imidazole rings is 1. The van der Waals surface area contributed by atoms with Crippen molar-refractivity contribution in [3.8, 4) is 5.69 Å². The molecule has 1 aliphatic rings. The molecular formula is C16H16ClFN6O. The Labute approximate surface area is 148 Å². The molecule has 0 bridgehead atoms. The lowest BCUT2D eigenvalue weighted by Gasteiger charge is -2.22. The largest absolute Gasteiger partial charge is 0.381 e. The van der Waals surface area contributed by atoms with Gasteiger partial charge in [-0.1, -0.05) is 17.7 Å². The van der Waals surface area contributed by atoms with Crippen LogP contribution in [0, 0.1) is 5.82 Å². The topological polar surface area (TPSA) is 90.9 Å². The van der Waals surface area contributed by atoms with Crippen LogP contribution in [0.3, 0.4) is 0 Å². The first-order valence-corrected chi connectivity index (χ1v) is 8.31. The monoisotopic (exact) mass is 362 g/mol. The summed E-state index contributed by atoms with van der Waals surface area (Å²) in [5, 5.41) is 3.29. The van der Waals surface area contributed by atoms with Gasteiger partial charge >= 0.3 is 0 Å². The molecule has 1 saturated heterocycles. The highest BCUT2D eigenvalue weighted by molar-refractivity contribution is 6.30. The SMILES string of the molecule is Nc1nc2cnc(NC3CCOCC3)nc2n1-c1cccc(Cl)c1F. The van der Waals surface area contributed by atoms with Gasteiger partial charge in [0.15, 0.2) is 11.5 Å². The van der Waals surface area contributed by atoms with Crippen molar-refractivity contribution in [3.05, 3.63) is 35.2 Å². The highest BCUT2D eigenvalue weighted by Gasteiger charge is 2.19. The first-order chi connectivity index (χ1) is 12.1. The second kappa shape index (κ2) is 6.45. The van der Waals surface area contributed by atoms with E-state index in [1.54, 1.807) is 18.3 Å². The van der Waals surface area contributed by atoms with Gasteiger partial charge in [-0.3, -0.25) is 4.57 Å². The number of nitrogens with one attached hydrogen (secondary N) is 1. The number of nitrogen functional groups attached to an aromatic ring is 1. The Morgan fingerprint density at radius 1 is 1.28 bits per heavy atom. The molecule has 1 aliphatic heterocycles. The van der Waals surface area contributed by atoms with E-state index in [0.29, 0.717) is 30.3 Å². The molecule has 4 rings (SSSR count). The maximum atomic E-state index is 14.4. The smallest absolute Gasteiger partial charge is 0.224 e. The molecule has 0 saturated carbocycles. The zero-order valence-electron chi connectivity index (χ0n) is 13.2. The summed E-state index contributed by atoms with van der Waals surface area (Å²) in [7, 11) is 0. The van der Waals surface area contributed by atoms with Crippen molar-refractivity contribution in [2.75, 3.05) is 24.3 Å². The Hall–Kier alpha value is -2.45. The standard InChI is InChI=1S/C16H16ClFN6O/c17-10-2-1-3-12(13(10)18)24-14-11(22-15(24)19)8-20-16(23-14)21-9-4-6-25-7-5-9/h1-3,8-9H,4-7H2,(H2,19,22)(H,20,21,23). The third kappa shape index (κ3) is 2.98. The minimum atomic E-state index is -0.576. The number of benzene rings is 1. The van der Waals surface area contributed by atoms with Crippen molar-refractivity contribution in [2.24, 2.45) is 0 Å². The van der Waals surface area contributed by atoms with Crippen LogP contribution in [0.5, 0.6) is 0 Å². The van der Waals surface area contributed by atoms with E-state index in [4.69, 9.17) is 22.1 Å². The van der Waals surface area contributed by atoms with Gasteiger partial charge in [-0.15, -0.1) is 0 Å². The molecule has 0 atom stereocenters. The Kier molecular flexibility index (Phi) is 4.14. The molecule has 1 aromatic carbocycles. The molecule has 3 heterocycles. The Balaban J connectivity index is 1.77. The van der Waals surface area contributed by atoms with Crippen LogP contribution in [0.2, 0.25) is 5.02 Å². The highest BCUT2D eigenvalue weighted by atomic mass is 35.5. The predicted molar refractivity (Wildman–Crippen MR) is 93.5 cm³/mol. The van der Waals surface area contributed by atoms with Crippen LogP contribution in [0.1, 0.15) is 12.8 Å². The van der Waals surface area contributed by atoms with Crippen molar-refractivity contribution in [2.45, 2.75) is 18.9 Å². The number of anilines is 2. The minimum absolute atomic E-state index is 0.00774. The van der Waals surface area contributed by atoms with Crippen molar-refractivity contribution in [3.63, 3.8) is 0 Å². The van der Waals surface area contributed by atoms with Crippen LogP contribution >= 0.6 is 11.6 Å². The van der Waals surface area contributed by atoms with Crippen LogP contribution in [0.15, 0.2) is 24.4 Å². The molecule has 7 nitrogen and oxygen atoms in total. The van der Waals surface area contributed by atoms with Gasteiger partial charge in [0, 0.05) is 19.3 Å². The molecule has 130 valence electrons. The van der Waals surface area contributed by atoms with Crippen molar-refractivity contribution < 1.29 is 9.13 Å². The van der Waals surface area contributed by atoms with E-state index in [2.05, 4.69) is 20.3 Å². The lowest BCUT2D eigenvalue weighted by atomic mass is 10.1. The molecule has 1 fully saturated rings. The third-order valence-electron chi connectivity index (χ3n) is 4.15. The number of rotatable bonds is 3. The van der Waals surface area contributed by atoms with Gasteiger partial charge in [-0.2, -0.15) is 4.98 Å². The molecule has 0 spiro atoms. The van der Waals surface area contributed by atoms with E-state index in [9.17, 15) is 4.39 Å². The summed E-state index contributed by atoms with van der Waals surface area (Å²) in [6.45, 7) is 1.41. The zero-order chi connectivity index (χ0) is 17.4. The van der Waals surface area contributed by atoms with E-state index in [-0.39, 0.29) is 22.7 Å². The molecule has 0 unspecified atom stereocenters. The zero-order valence-corrected chi connectivity index (χ0v) is 14.0. The number of fused-ring (bicyclic) bond motifs is 1. The molecule has 2 aromatic heterocycles. The summed E-state index contributed by atoms with van der Waals surface area (Å²) in [5.41, 5.74) is 7.07. The quantitative estimate of drug-likeness (QED) is 0.744. The number of aromatic nitrogens is 4. The molecule has 3 N–H and O–H groups in total. The summed E-state index contributed by atoms with van der Waals surface area (Å²) in [5.74, 6) is -0.00983. The number of nitrogens with zero attached hydrogens (tertiary/aromatic N) is 4. The maximum absolute atomic E-state index is 14.4. The predicted octanol–water partition coefficient (Wildman–Crippen LogP) is 2.78. The highest BCUT2D eigenvalue weighted by Crippen LogP contribution is 2.27. The maximum Gasteiger partial charge on any atom is 0.224 e. The van der Waals surface area contributed by atoms with Crippen molar-refractivity contribution >= 4 is 34.7 Å². The van der Waals surface area contributed by atoms with E-state index >= 15 is 0 Å².